The van der Waals surface area contributed by atoms with Crippen molar-refractivity contribution in [3.05, 3.63) is 15.9 Å². The molecule has 19 heavy (non-hydrogen) atoms. The maximum Gasteiger partial charge on any atom is 0.410 e. The third-order valence-corrected chi connectivity index (χ3v) is 3.95. The summed E-state index contributed by atoms with van der Waals surface area (Å²) in [6.45, 7) is 7.91. The van der Waals surface area contributed by atoms with Gasteiger partial charge in [0.05, 0.1) is 6.04 Å². The fourth-order valence-electron chi connectivity index (χ4n) is 1.20. The zero-order valence-corrected chi connectivity index (χ0v) is 14.3. The molecule has 0 spiro atoms. The highest BCUT2D eigenvalue weighted by Gasteiger charge is 2.23. The van der Waals surface area contributed by atoms with Gasteiger partial charge in [0.15, 0.2) is 5.06 Å². The van der Waals surface area contributed by atoms with Crippen LogP contribution in [0.2, 0.25) is 0 Å². The Morgan fingerprint density at radius 3 is 2.63 bits per heavy atom. The summed E-state index contributed by atoms with van der Waals surface area (Å²) in [5, 5.41) is 2.79. The first-order chi connectivity index (χ1) is 8.69. The minimum absolute atomic E-state index is 0.0595. The van der Waals surface area contributed by atoms with Crippen molar-refractivity contribution in [1.82, 2.24) is 4.90 Å². The number of nitrogens with zero attached hydrogens (tertiary/aromatic N) is 1. The number of halogens is 1. The van der Waals surface area contributed by atoms with Gasteiger partial charge in [0.25, 0.3) is 0 Å². The Morgan fingerprint density at radius 1 is 1.53 bits per heavy atom. The molecule has 4 nitrogen and oxygen atoms in total. The number of carbonyl (C=O) groups excluding carboxylic acids is 1. The summed E-state index contributed by atoms with van der Waals surface area (Å²) in [4.78, 5) is 13.4. The zero-order valence-electron chi connectivity index (χ0n) is 11.9. The van der Waals surface area contributed by atoms with E-state index in [1.165, 1.54) is 11.3 Å². The van der Waals surface area contributed by atoms with Gasteiger partial charge in [0.1, 0.15) is 12.2 Å². The van der Waals surface area contributed by atoms with Crippen molar-refractivity contribution in [3.8, 4) is 5.06 Å². The van der Waals surface area contributed by atoms with Crippen molar-refractivity contribution in [3.63, 3.8) is 0 Å². The Morgan fingerprint density at radius 2 is 2.16 bits per heavy atom. The number of carbonyl (C=O) groups is 1. The number of amides is 1. The van der Waals surface area contributed by atoms with Crippen LogP contribution in [0.3, 0.4) is 0 Å². The number of likely N-dealkylation sites (N-methyl/N-ethyl adjacent to an activating group) is 1. The van der Waals surface area contributed by atoms with Gasteiger partial charge in [-0.15, -0.1) is 11.3 Å². The lowest BCUT2D eigenvalue weighted by molar-refractivity contribution is 0.0196. The van der Waals surface area contributed by atoms with Crippen LogP contribution in [0.15, 0.2) is 15.9 Å². The van der Waals surface area contributed by atoms with Gasteiger partial charge in [0.2, 0.25) is 0 Å². The van der Waals surface area contributed by atoms with Gasteiger partial charge in [0, 0.05) is 23.0 Å². The van der Waals surface area contributed by atoms with Crippen molar-refractivity contribution < 1.29 is 14.3 Å². The van der Waals surface area contributed by atoms with Crippen molar-refractivity contribution in [1.29, 1.82) is 0 Å². The second-order valence-corrected chi connectivity index (χ2v) is 7.12. The van der Waals surface area contributed by atoms with Gasteiger partial charge >= 0.3 is 6.09 Å². The summed E-state index contributed by atoms with van der Waals surface area (Å²) in [5.41, 5.74) is -0.482. The Labute approximate surface area is 126 Å². The molecule has 0 saturated heterocycles. The summed E-state index contributed by atoms with van der Waals surface area (Å²) in [5.74, 6) is 0. The molecule has 0 radical (unpaired) electrons. The molecule has 0 unspecified atom stereocenters. The Balaban J connectivity index is 2.44. The molecule has 1 rings (SSSR count). The van der Waals surface area contributed by atoms with Crippen molar-refractivity contribution in [2.45, 2.75) is 39.3 Å². The van der Waals surface area contributed by atoms with Crippen LogP contribution in [0.1, 0.15) is 27.7 Å². The molecule has 1 aromatic heterocycles. The number of thiophene rings is 1. The molecule has 1 heterocycles. The van der Waals surface area contributed by atoms with Gasteiger partial charge in [-0.1, -0.05) is 0 Å². The lowest BCUT2D eigenvalue weighted by atomic mass is 10.2. The number of hydrogen-bond donors (Lipinski definition) is 0. The van der Waals surface area contributed by atoms with Crippen LogP contribution in [0.25, 0.3) is 0 Å². The van der Waals surface area contributed by atoms with E-state index in [1.54, 1.807) is 11.9 Å². The molecule has 0 aliphatic carbocycles. The smallest absolute Gasteiger partial charge is 0.410 e. The minimum atomic E-state index is -0.482. The molecule has 6 heteroatoms. The number of hydrogen-bond acceptors (Lipinski definition) is 4. The molecule has 0 bridgehead atoms. The molecule has 0 aromatic carbocycles. The Hall–Kier alpha value is -0.750. The first-order valence-electron chi connectivity index (χ1n) is 6.01. The summed E-state index contributed by atoms with van der Waals surface area (Å²) in [6.07, 6.45) is -0.337. The van der Waals surface area contributed by atoms with Crippen LogP contribution >= 0.6 is 27.3 Å². The molecule has 0 fully saturated rings. The highest BCUT2D eigenvalue weighted by Crippen LogP contribution is 2.26. The van der Waals surface area contributed by atoms with Crippen LogP contribution in [0.5, 0.6) is 5.06 Å². The third-order valence-electron chi connectivity index (χ3n) is 2.35. The van der Waals surface area contributed by atoms with Crippen LogP contribution < -0.4 is 4.74 Å². The summed E-state index contributed by atoms with van der Waals surface area (Å²) >= 11 is 4.89. The zero-order chi connectivity index (χ0) is 14.6. The van der Waals surface area contributed by atoms with Crippen LogP contribution in [-0.2, 0) is 4.74 Å². The Bertz CT molecular complexity index is 428. The standard InChI is InChI=1S/C13H20BrNO3S/c1-9(7-17-11-6-10(14)8-19-11)15(5)12(16)18-13(2,3)4/h6,8-9H,7H2,1-5H3/t9-/m0/s1. The SMILES string of the molecule is C[C@@H](COc1cc(Br)cs1)N(C)C(=O)OC(C)(C)C. The van der Waals surface area contributed by atoms with Gasteiger partial charge in [-0.05, 0) is 43.6 Å². The van der Waals surface area contributed by atoms with E-state index >= 15 is 0 Å². The second kappa shape index (κ2) is 6.61. The molecule has 1 aromatic rings. The van der Waals surface area contributed by atoms with Crippen LogP contribution in [0, 0.1) is 0 Å². The third kappa shape index (κ3) is 5.82. The van der Waals surface area contributed by atoms with E-state index in [0.717, 1.165) is 9.54 Å². The lowest BCUT2D eigenvalue weighted by Gasteiger charge is -2.28. The summed E-state index contributed by atoms with van der Waals surface area (Å²) < 4.78 is 11.9. The van der Waals surface area contributed by atoms with Crippen molar-refractivity contribution >= 4 is 33.4 Å². The first kappa shape index (κ1) is 16.3. The maximum atomic E-state index is 11.9. The molecule has 0 aliphatic rings. The Kier molecular flexibility index (Phi) is 5.67. The first-order valence-corrected chi connectivity index (χ1v) is 7.69. The second-order valence-electron chi connectivity index (χ2n) is 5.34. The predicted molar refractivity (Wildman–Crippen MR) is 81.0 cm³/mol. The largest absolute Gasteiger partial charge is 0.482 e. The number of ether oxygens (including phenoxy) is 2. The molecule has 0 saturated carbocycles. The van der Waals surface area contributed by atoms with E-state index < -0.39 is 5.60 Å². The van der Waals surface area contributed by atoms with Crippen molar-refractivity contribution in [2.75, 3.05) is 13.7 Å². The van der Waals surface area contributed by atoms with Crippen LogP contribution in [0.4, 0.5) is 4.79 Å². The van der Waals surface area contributed by atoms with Gasteiger partial charge in [-0.2, -0.15) is 0 Å². The summed E-state index contributed by atoms with van der Waals surface area (Å²) in [6, 6.07) is 1.85. The number of rotatable bonds is 4. The molecule has 0 aliphatic heterocycles. The van der Waals surface area contributed by atoms with Crippen LogP contribution in [-0.4, -0.2) is 36.3 Å². The van der Waals surface area contributed by atoms with E-state index in [0.29, 0.717) is 6.61 Å². The quantitative estimate of drug-likeness (QED) is 0.819. The average Bonchev–Trinajstić information content (AvgIpc) is 2.68. The van der Waals surface area contributed by atoms with E-state index in [1.807, 2.05) is 39.1 Å². The molecule has 1 atom stereocenters. The van der Waals surface area contributed by atoms with E-state index in [9.17, 15) is 4.79 Å². The highest BCUT2D eigenvalue weighted by molar-refractivity contribution is 9.10. The monoisotopic (exact) mass is 349 g/mol. The van der Waals surface area contributed by atoms with Gasteiger partial charge in [-0.25, -0.2) is 4.79 Å². The average molecular weight is 350 g/mol. The maximum absolute atomic E-state index is 11.9. The molecule has 108 valence electrons. The lowest BCUT2D eigenvalue weighted by Crippen LogP contribution is -2.41. The van der Waals surface area contributed by atoms with E-state index in [4.69, 9.17) is 9.47 Å². The molecule has 0 N–H and O–H groups in total. The molecule has 1 amide bonds. The minimum Gasteiger partial charge on any atom is -0.482 e. The normalized spacial score (nSPS) is 12.9. The fourth-order valence-corrected chi connectivity index (χ4v) is 2.47. The topological polar surface area (TPSA) is 38.8 Å². The highest BCUT2D eigenvalue weighted by atomic mass is 79.9. The molecular formula is C13H20BrNO3S. The van der Waals surface area contributed by atoms with Gasteiger partial charge in [-0.3, -0.25) is 0 Å². The van der Waals surface area contributed by atoms with Gasteiger partial charge < -0.3 is 14.4 Å². The fraction of sp³-hybridized carbons (Fsp3) is 0.615. The van der Waals surface area contributed by atoms with Crippen molar-refractivity contribution in [2.24, 2.45) is 0 Å². The van der Waals surface area contributed by atoms with E-state index in [-0.39, 0.29) is 12.1 Å². The molecular weight excluding hydrogens is 330 g/mol. The van der Waals surface area contributed by atoms with E-state index in [2.05, 4.69) is 15.9 Å². The summed E-state index contributed by atoms with van der Waals surface area (Å²) in [7, 11) is 1.71. The predicted octanol–water partition coefficient (Wildman–Crippen LogP) is 4.14.